The fourth-order valence-electron chi connectivity index (χ4n) is 2.12. The van der Waals surface area contributed by atoms with Crippen molar-refractivity contribution in [3.05, 3.63) is 59.7 Å². The van der Waals surface area contributed by atoms with Gasteiger partial charge in [0.25, 0.3) is 0 Å². The first kappa shape index (κ1) is 13.1. The predicted octanol–water partition coefficient (Wildman–Crippen LogP) is 4.06. The van der Waals surface area contributed by atoms with Gasteiger partial charge in [-0.05, 0) is 24.6 Å². The topological polar surface area (TPSA) is 46.5 Å². The van der Waals surface area contributed by atoms with Crippen LogP contribution < -0.4 is 4.74 Å². The SMILES string of the molecule is CC(C(=O)O)c1ccc(C2Oc3ccccc3S2)cc1. The molecule has 2 aromatic rings. The maximum Gasteiger partial charge on any atom is 0.310 e. The van der Waals surface area contributed by atoms with Crippen LogP contribution in [-0.4, -0.2) is 11.1 Å². The molecule has 4 heteroatoms. The van der Waals surface area contributed by atoms with E-state index >= 15 is 0 Å². The summed E-state index contributed by atoms with van der Waals surface area (Å²) in [5, 5.41) is 9.01. The molecule has 0 aromatic heterocycles. The van der Waals surface area contributed by atoms with Gasteiger partial charge >= 0.3 is 5.97 Å². The fraction of sp³-hybridized carbons (Fsp3) is 0.188. The molecule has 20 heavy (non-hydrogen) atoms. The van der Waals surface area contributed by atoms with Crippen LogP contribution in [0.4, 0.5) is 0 Å². The van der Waals surface area contributed by atoms with Crippen LogP contribution >= 0.6 is 11.8 Å². The summed E-state index contributed by atoms with van der Waals surface area (Å²) < 4.78 is 5.89. The van der Waals surface area contributed by atoms with E-state index in [-0.39, 0.29) is 5.44 Å². The van der Waals surface area contributed by atoms with E-state index in [9.17, 15) is 4.79 Å². The van der Waals surface area contributed by atoms with Crippen LogP contribution in [0.3, 0.4) is 0 Å². The van der Waals surface area contributed by atoms with E-state index in [0.29, 0.717) is 0 Å². The van der Waals surface area contributed by atoms with Crippen molar-refractivity contribution in [2.45, 2.75) is 23.2 Å². The lowest BCUT2D eigenvalue weighted by molar-refractivity contribution is -0.138. The number of hydrogen-bond donors (Lipinski definition) is 1. The van der Waals surface area contributed by atoms with Crippen LogP contribution in [-0.2, 0) is 4.79 Å². The number of fused-ring (bicyclic) bond motifs is 1. The van der Waals surface area contributed by atoms with E-state index in [1.54, 1.807) is 18.7 Å². The molecular weight excluding hydrogens is 272 g/mol. The first-order valence-corrected chi connectivity index (χ1v) is 7.28. The maximum absolute atomic E-state index is 11.0. The number of ether oxygens (including phenoxy) is 1. The third kappa shape index (κ3) is 2.39. The van der Waals surface area contributed by atoms with Crippen molar-refractivity contribution < 1.29 is 14.6 Å². The summed E-state index contributed by atoms with van der Waals surface area (Å²) in [4.78, 5) is 12.1. The average Bonchev–Trinajstić information content (AvgIpc) is 2.90. The lowest BCUT2D eigenvalue weighted by Gasteiger charge is -2.12. The second-order valence-electron chi connectivity index (χ2n) is 4.74. The number of thioether (sulfide) groups is 1. The number of aliphatic carboxylic acids is 1. The number of carboxylic acid groups (broad SMARTS) is 1. The van der Waals surface area contributed by atoms with Gasteiger partial charge in [0.05, 0.1) is 10.8 Å². The number of carboxylic acids is 1. The normalized spacial score (nSPS) is 18.1. The molecule has 0 fully saturated rings. The summed E-state index contributed by atoms with van der Waals surface area (Å²) in [5.74, 6) is -0.388. The van der Waals surface area contributed by atoms with E-state index < -0.39 is 11.9 Å². The molecule has 1 aliphatic heterocycles. The number of carbonyl (C=O) groups is 1. The lowest BCUT2D eigenvalue weighted by atomic mass is 10.0. The van der Waals surface area contributed by atoms with Gasteiger partial charge in [-0.3, -0.25) is 4.79 Å². The van der Waals surface area contributed by atoms with Crippen molar-refractivity contribution in [2.24, 2.45) is 0 Å². The van der Waals surface area contributed by atoms with Gasteiger partial charge in [-0.25, -0.2) is 0 Å². The van der Waals surface area contributed by atoms with Crippen LogP contribution in [0.1, 0.15) is 29.4 Å². The minimum Gasteiger partial charge on any atom is -0.481 e. The van der Waals surface area contributed by atoms with Crippen molar-refractivity contribution in [2.75, 3.05) is 0 Å². The molecule has 0 saturated carbocycles. The zero-order valence-corrected chi connectivity index (χ0v) is 11.8. The second-order valence-corrected chi connectivity index (χ2v) is 5.84. The Labute approximate surface area is 121 Å². The molecule has 0 spiro atoms. The zero-order chi connectivity index (χ0) is 14.1. The number of benzene rings is 2. The van der Waals surface area contributed by atoms with Gasteiger partial charge in [-0.2, -0.15) is 0 Å². The highest BCUT2D eigenvalue weighted by molar-refractivity contribution is 7.99. The molecule has 0 aliphatic carbocycles. The van der Waals surface area contributed by atoms with Crippen LogP contribution in [0.15, 0.2) is 53.4 Å². The highest BCUT2D eigenvalue weighted by atomic mass is 32.2. The monoisotopic (exact) mass is 286 g/mol. The summed E-state index contributed by atoms with van der Waals surface area (Å²) in [5.41, 5.74) is 1.80. The highest BCUT2D eigenvalue weighted by Gasteiger charge is 2.25. The molecule has 3 nitrogen and oxygen atoms in total. The Morgan fingerprint density at radius 3 is 2.55 bits per heavy atom. The number of hydrogen-bond acceptors (Lipinski definition) is 3. The molecule has 2 unspecified atom stereocenters. The maximum atomic E-state index is 11.0. The predicted molar refractivity (Wildman–Crippen MR) is 78.2 cm³/mol. The van der Waals surface area contributed by atoms with Crippen molar-refractivity contribution in [1.82, 2.24) is 0 Å². The molecule has 0 amide bonds. The zero-order valence-electron chi connectivity index (χ0n) is 10.9. The minimum atomic E-state index is -0.809. The second kappa shape index (κ2) is 5.21. The summed E-state index contributed by atoms with van der Waals surface area (Å²) in [6, 6.07) is 15.6. The van der Waals surface area contributed by atoms with E-state index in [4.69, 9.17) is 9.84 Å². The van der Waals surface area contributed by atoms with Crippen molar-refractivity contribution in [1.29, 1.82) is 0 Å². The van der Waals surface area contributed by atoms with E-state index in [1.165, 1.54) is 0 Å². The molecule has 0 radical (unpaired) electrons. The Bertz CT molecular complexity index is 611. The van der Waals surface area contributed by atoms with Crippen LogP contribution in [0.5, 0.6) is 5.75 Å². The Morgan fingerprint density at radius 2 is 1.90 bits per heavy atom. The van der Waals surface area contributed by atoms with Crippen LogP contribution in [0, 0.1) is 0 Å². The van der Waals surface area contributed by atoms with Crippen molar-refractivity contribution >= 4 is 17.7 Å². The van der Waals surface area contributed by atoms with E-state index in [0.717, 1.165) is 21.8 Å². The lowest BCUT2D eigenvalue weighted by Crippen LogP contribution is -2.07. The summed E-state index contributed by atoms with van der Waals surface area (Å²) >= 11 is 1.67. The first-order valence-electron chi connectivity index (χ1n) is 6.40. The van der Waals surface area contributed by atoms with Gasteiger partial charge in [0.1, 0.15) is 5.75 Å². The van der Waals surface area contributed by atoms with Gasteiger partial charge in [-0.15, -0.1) is 0 Å². The summed E-state index contributed by atoms with van der Waals surface area (Å²) in [6.45, 7) is 1.69. The Balaban J connectivity index is 1.79. The van der Waals surface area contributed by atoms with Crippen LogP contribution in [0.25, 0.3) is 0 Å². The van der Waals surface area contributed by atoms with Gasteiger partial charge in [0.2, 0.25) is 0 Å². The van der Waals surface area contributed by atoms with Gasteiger partial charge in [0, 0.05) is 5.56 Å². The number of para-hydroxylation sites is 1. The highest BCUT2D eigenvalue weighted by Crippen LogP contribution is 2.48. The van der Waals surface area contributed by atoms with Gasteiger partial charge < -0.3 is 9.84 Å². The average molecular weight is 286 g/mol. The molecule has 2 aromatic carbocycles. The third-order valence-electron chi connectivity index (χ3n) is 3.40. The quantitative estimate of drug-likeness (QED) is 0.924. The largest absolute Gasteiger partial charge is 0.481 e. The summed E-state index contributed by atoms with van der Waals surface area (Å²) in [6.07, 6.45) is 0. The Kier molecular flexibility index (Phi) is 3.40. The molecule has 1 heterocycles. The molecule has 3 rings (SSSR count). The van der Waals surface area contributed by atoms with Crippen LogP contribution in [0.2, 0.25) is 0 Å². The van der Waals surface area contributed by atoms with E-state index in [1.807, 2.05) is 48.5 Å². The van der Waals surface area contributed by atoms with Gasteiger partial charge in [0.15, 0.2) is 5.44 Å². The Morgan fingerprint density at radius 1 is 1.20 bits per heavy atom. The smallest absolute Gasteiger partial charge is 0.310 e. The fourth-order valence-corrected chi connectivity index (χ4v) is 3.19. The van der Waals surface area contributed by atoms with E-state index in [2.05, 4.69) is 0 Å². The Hall–Kier alpha value is -1.94. The molecule has 1 N–H and O–H groups in total. The standard InChI is InChI=1S/C16H14O3S/c1-10(15(17)18)11-6-8-12(9-7-11)16-19-13-4-2-3-5-14(13)20-16/h2-10,16H,1H3,(H,17,18). The summed E-state index contributed by atoms with van der Waals surface area (Å²) in [7, 11) is 0. The molecule has 0 saturated heterocycles. The van der Waals surface area contributed by atoms with Gasteiger partial charge in [-0.1, -0.05) is 48.2 Å². The number of rotatable bonds is 3. The molecule has 102 valence electrons. The molecule has 0 bridgehead atoms. The molecule has 1 aliphatic rings. The molecular formula is C16H14O3S. The first-order chi connectivity index (χ1) is 9.65. The third-order valence-corrected chi connectivity index (χ3v) is 4.57. The van der Waals surface area contributed by atoms with Crippen molar-refractivity contribution in [3.63, 3.8) is 0 Å². The van der Waals surface area contributed by atoms with Crippen molar-refractivity contribution in [3.8, 4) is 5.75 Å². The molecule has 2 atom stereocenters. The minimum absolute atomic E-state index is 0.0541.